The highest BCUT2D eigenvalue weighted by Gasteiger charge is 2.34. The molecule has 1 aliphatic rings. The summed E-state index contributed by atoms with van der Waals surface area (Å²) in [7, 11) is 0. The van der Waals surface area contributed by atoms with Crippen LogP contribution >= 0.6 is 0 Å². The summed E-state index contributed by atoms with van der Waals surface area (Å²) >= 11 is 0. The topological polar surface area (TPSA) is 114 Å². The zero-order chi connectivity index (χ0) is 14.4. The number of piperazine rings is 1. The van der Waals surface area contributed by atoms with Gasteiger partial charge < -0.3 is 16.8 Å². The van der Waals surface area contributed by atoms with Crippen LogP contribution in [-0.2, 0) is 9.59 Å². The van der Waals surface area contributed by atoms with Gasteiger partial charge >= 0.3 is 0 Å². The monoisotopic (exact) mass is 269 g/mol. The number of ketones is 1. The van der Waals surface area contributed by atoms with E-state index in [-0.39, 0.29) is 29.7 Å². The summed E-state index contributed by atoms with van der Waals surface area (Å²) in [6, 6.07) is -0.587. The molecule has 7 nitrogen and oxygen atoms in total. The normalized spacial score (nSPS) is 23.8. The molecule has 0 saturated carbocycles. The number of carbonyl (C=O) groups is 2. The molecule has 1 saturated heterocycles. The maximum absolute atomic E-state index is 12.0. The van der Waals surface area contributed by atoms with E-state index in [9.17, 15) is 9.59 Å². The van der Waals surface area contributed by atoms with E-state index in [1.165, 1.54) is 6.92 Å². The molecule has 0 aromatic carbocycles. The third-order valence-corrected chi connectivity index (χ3v) is 3.30. The Morgan fingerprint density at radius 3 is 2.74 bits per heavy atom. The molecule has 0 aliphatic carbocycles. The summed E-state index contributed by atoms with van der Waals surface area (Å²) in [5.74, 6) is -0.0270. The van der Waals surface area contributed by atoms with Gasteiger partial charge in [-0.3, -0.25) is 19.5 Å². The molecule has 108 valence electrons. The lowest BCUT2D eigenvalue weighted by molar-refractivity contribution is -0.135. The van der Waals surface area contributed by atoms with Crippen molar-refractivity contribution in [1.82, 2.24) is 10.2 Å². The van der Waals surface area contributed by atoms with Crippen LogP contribution in [-0.4, -0.2) is 54.3 Å². The van der Waals surface area contributed by atoms with Crippen LogP contribution in [0.1, 0.15) is 26.7 Å². The number of hydrogen-bond donors (Lipinski definition) is 3. The molecule has 0 aromatic heterocycles. The van der Waals surface area contributed by atoms with Crippen molar-refractivity contribution in [3.8, 4) is 0 Å². The van der Waals surface area contributed by atoms with E-state index in [0.717, 1.165) is 13.0 Å². The molecule has 2 atom stereocenters. The molecule has 0 spiro atoms. The van der Waals surface area contributed by atoms with Crippen LogP contribution in [0.15, 0.2) is 4.99 Å². The van der Waals surface area contributed by atoms with Gasteiger partial charge in [0.2, 0.25) is 5.91 Å². The fourth-order valence-electron chi connectivity index (χ4n) is 2.23. The fourth-order valence-corrected chi connectivity index (χ4v) is 2.23. The number of nitrogens with zero attached hydrogens (tertiary/aromatic N) is 2. The number of amides is 1. The van der Waals surface area contributed by atoms with E-state index in [1.54, 1.807) is 0 Å². The predicted molar refractivity (Wildman–Crippen MR) is 73.6 cm³/mol. The summed E-state index contributed by atoms with van der Waals surface area (Å²) in [4.78, 5) is 29.3. The van der Waals surface area contributed by atoms with Gasteiger partial charge in [-0.25, -0.2) is 0 Å². The first-order valence-electron chi connectivity index (χ1n) is 6.56. The number of hydrogen-bond acceptors (Lipinski definition) is 4. The van der Waals surface area contributed by atoms with Gasteiger partial charge in [-0.2, -0.15) is 0 Å². The van der Waals surface area contributed by atoms with Gasteiger partial charge in [0.25, 0.3) is 0 Å². The number of Topliss-reactive ketones (excluding diaryl/α,β-unsaturated/α-hetero) is 1. The van der Waals surface area contributed by atoms with E-state index >= 15 is 0 Å². The van der Waals surface area contributed by atoms with E-state index in [2.05, 4.69) is 10.3 Å². The number of rotatable bonds is 6. The Labute approximate surface area is 113 Å². The van der Waals surface area contributed by atoms with Crippen LogP contribution in [0.3, 0.4) is 0 Å². The zero-order valence-corrected chi connectivity index (χ0v) is 11.6. The number of guanidine groups is 1. The fraction of sp³-hybridized carbons (Fsp3) is 0.750. The van der Waals surface area contributed by atoms with Gasteiger partial charge in [0.1, 0.15) is 0 Å². The Morgan fingerprint density at radius 1 is 1.53 bits per heavy atom. The van der Waals surface area contributed by atoms with Gasteiger partial charge in [0.15, 0.2) is 11.7 Å². The Morgan fingerprint density at radius 2 is 2.21 bits per heavy atom. The second-order valence-corrected chi connectivity index (χ2v) is 4.72. The smallest absolute Gasteiger partial charge is 0.237 e. The molecule has 7 heteroatoms. The van der Waals surface area contributed by atoms with Crippen LogP contribution in [0.25, 0.3) is 0 Å². The molecule has 0 radical (unpaired) electrons. The predicted octanol–water partition coefficient (Wildman–Crippen LogP) is -1.18. The first-order chi connectivity index (χ1) is 8.95. The molecule has 5 N–H and O–H groups in total. The number of carbonyl (C=O) groups excluding carboxylic acids is 2. The Hall–Kier alpha value is -1.63. The summed E-state index contributed by atoms with van der Waals surface area (Å²) in [5, 5.41) is 2.76. The molecule has 0 bridgehead atoms. The van der Waals surface area contributed by atoms with Crippen molar-refractivity contribution in [2.75, 3.05) is 19.6 Å². The molecule has 1 fully saturated rings. The van der Waals surface area contributed by atoms with Crippen LogP contribution < -0.4 is 16.8 Å². The second-order valence-electron chi connectivity index (χ2n) is 4.72. The van der Waals surface area contributed by atoms with Gasteiger partial charge in [-0.1, -0.05) is 6.92 Å². The minimum atomic E-state index is -0.388. The minimum absolute atomic E-state index is 0.00856. The SMILES string of the molecule is CCN1CC(C(C)=O)NC(=O)C1CCCN=C(N)N. The number of likely N-dealkylation sites (N-methyl/N-ethyl adjacent to an activating group) is 1. The molecular weight excluding hydrogens is 246 g/mol. The van der Waals surface area contributed by atoms with Crippen molar-refractivity contribution >= 4 is 17.6 Å². The van der Waals surface area contributed by atoms with Gasteiger partial charge in [-0.15, -0.1) is 0 Å². The van der Waals surface area contributed by atoms with E-state index in [1.807, 2.05) is 11.8 Å². The van der Waals surface area contributed by atoms with Gasteiger partial charge in [-0.05, 0) is 26.3 Å². The van der Waals surface area contributed by atoms with Crippen LogP contribution in [0, 0.1) is 0 Å². The summed E-state index contributed by atoms with van der Waals surface area (Å²) in [6.07, 6.45) is 1.41. The highest BCUT2D eigenvalue weighted by atomic mass is 16.2. The molecule has 1 heterocycles. The van der Waals surface area contributed by atoms with Crippen molar-refractivity contribution in [3.63, 3.8) is 0 Å². The van der Waals surface area contributed by atoms with Crippen molar-refractivity contribution in [2.45, 2.75) is 38.8 Å². The maximum atomic E-state index is 12.0. The first-order valence-corrected chi connectivity index (χ1v) is 6.56. The third-order valence-electron chi connectivity index (χ3n) is 3.30. The summed E-state index contributed by atoms with van der Waals surface area (Å²) in [6.45, 7) is 5.31. The second kappa shape index (κ2) is 7.08. The summed E-state index contributed by atoms with van der Waals surface area (Å²) in [5.41, 5.74) is 10.5. The quantitative estimate of drug-likeness (QED) is 0.319. The third kappa shape index (κ3) is 4.51. The first kappa shape index (κ1) is 15.4. The van der Waals surface area contributed by atoms with E-state index in [4.69, 9.17) is 11.5 Å². The average molecular weight is 269 g/mol. The lowest BCUT2D eigenvalue weighted by Gasteiger charge is -2.37. The molecule has 19 heavy (non-hydrogen) atoms. The number of aliphatic imine (C=N–C) groups is 1. The lowest BCUT2D eigenvalue weighted by atomic mass is 10.0. The van der Waals surface area contributed by atoms with Crippen LogP contribution in [0.2, 0.25) is 0 Å². The zero-order valence-electron chi connectivity index (χ0n) is 11.6. The van der Waals surface area contributed by atoms with Crippen molar-refractivity contribution < 1.29 is 9.59 Å². The number of nitrogens with two attached hydrogens (primary N) is 2. The maximum Gasteiger partial charge on any atom is 0.237 e. The van der Waals surface area contributed by atoms with Crippen LogP contribution in [0.4, 0.5) is 0 Å². The number of nitrogens with one attached hydrogen (secondary N) is 1. The summed E-state index contributed by atoms with van der Waals surface area (Å²) < 4.78 is 0. The molecule has 1 amide bonds. The Balaban J connectivity index is 2.54. The molecule has 1 aliphatic heterocycles. The standard InChI is InChI=1S/C12H23N5O2/c1-3-17-7-9(8(2)18)16-11(19)10(17)5-4-6-15-12(13)14/h9-10H,3-7H2,1-2H3,(H,16,19)(H4,13,14,15). The lowest BCUT2D eigenvalue weighted by Crippen LogP contribution is -2.61. The molecule has 0 aromatic rings. The Kier molecular flexibility index (Phi) is 5.75. The highest BCUT2D eigenvalue weighted by molar-refractivity contribution is 5.91. The van der Waals surface area contributed by atoms with Gasteiger partial charge in [0, 0.05) is 13.1 Å². The van der Waals surface area contributed by atoms with Crippen molar-refractivity contribution in [3.05, 3.63) is 0 Å². The van der Waals surface area contributed by atoms with Crippen molar-refractivity contribution in [1.29, 1.82) is 0 Å². The largest absolute Gasteiger partial charge is 0.370 e. The molecule has 2 unspecified atom stereocenters. The molecular formula is C12H23N5O2. The van der Waals surface area contributed by atoms with E-state index < -0.39 is 0 Å². The van der Waals surface area contributed by atoms with E-state index in [0.29, 0.717) is 19.5 Å². The van der Waals surface area contributed by atoms with Crippen LogP contribution in [0.5, 0.6) is 0 Å². The van der Waals surface area contributed by atoms with Gasteiger partial charge in [0.05, 0.1) is 12.1 Å². The highest BCUT2D eigenvalue weighted by Crippen LogP contribution is 2.13. The minimum Gasteiger partial charge on any atom is -0.370 e. The van der Waals surface area contributed by atoms with Crippen molar-refractivity contribution in [2.24, 2.45) is 16.5 Å². The Bertz CT molecular complexity index is 365. The average Bonchev–Trinajstić information content (AvgIpc) is 2.34. The molecule has 1 rings (SSSR count).